The predicted molar refractivity (Wildman–Crippen MR) is 107 cm³/mol. The summed E-state index contributed by atoms with van der Waals surface area (Å²) in [6.07, 6.45) is 1.44. The van der Waals surface area contributed by atoms with Gasteiger partial charge in [-0.25, -0.2) is 0 Å². The molecule has 138 valence electrons. The average molecular weight is 382 g/mol. The Morgan fingerprint density at radius 2 is 2.07 bits per heavy atom. The topological polar surface area (TPSA) is 80.6 Å². The van der Waals surface area contributed by atoms with Crippen LogP contribution < -0.4 is 15.4 Å². The second-order valence-electron chi connectivity index (χ2n) is 6.25. The van der Waals surface area contributed by atoms with Crippen LogP contribution in [0, 0.1) is 0 Å². The molecule has 1 atom stereocenters. The van der Waals surface area contributed by atoms with Gasteiger partial charge in [-0.3, -0.25) is 9.59 Å². The monoisotopic (exact) mass is 382 g/mol. The molecule has 2 N–H and O–H groups in total. The lowest BCUT2D eigenvalue weighted by Gasteiger charge is -2.23. The Bertz CT molecular complexity index is 1040. The Balaban J connectivity index is 1.63. The summed E-state index contributed by atoms with van der Waals surface area (Å²) >= 11 is 1.63. The number of rotatable bonds is 4. The molecule has 6 nitrogen and oxygen atoms in total. The molecule has 27 heavy (non-hydrogen) atoms. The van der Waals surface area contributed by atoms with Gasteiger partial charge in [-0.15, -0.1) is 0 Å². The van der Waals surface area contributed by atoms with Crippen LogP contribution in [0.1, 0.15) is 23.0 Å². The molecule has 0 bridgehead atoms. The van der Waals surface area contributed by atoms with Crippen LogP contribution in [0.15, 0.2) is 46.9 Å². The lowest BCUT2D eigenvalue weighted by atomic mass is 10.1. The number of nitrogens with one attached hydrogen (secondary N) is 2. The largest absolute Gasteiger partial charge is 0.479 e. The number of thioether (sulfide) groups is 1. The molecule has 2 heterocycles. The lowest BCUT2D eigenvalue weighted by Crippen LogP contribution is -2.34. The van der Waals surface area contributed by atoms with Crippen LogP contribution in [-0.4, -0.2) is 24.2 Å². The normalized spacial score (nSPS) is 15.8. The van der Waals surface area contributed by atoms with Crippen LogP contribution in [-0.2, 0) is 10.5 Å². The second-order valence-corrected chi connectivity index (χ2v) is 7.12. The molecule has 1 unspecified atom stereocenters. The molecule has 1 aliphatic rings. The van der Waals surface area contributed by atoms with Gasteiger partial charge in [-0.05, 0) is 37.4 Å². The van der Waals surface area contributed by atoms with Crippen molar-refractivity contribution in [3.8, 4) is 5.75 Å². The fourth-order valence-corrected chi connectivity index (χ4v) is 3.62. The summed E-state index contributed by atoms with van der Waals surface area (Å²) in [6.45, 7) is 1.68. The highest BCUT2D eigenvalue weighted by atomic mass is 32.2. The Hall–Kier alpha value is -2.93. The number of amides is 2. The van der Waals surface area contributed by atoms with Gasteiger partial charge in [0.1, 0.15) is 11.3 Å². The van der Waals surface area contributed by atoms with Gasteiger partial charge in [-0.2, -0.15) is 11.8 Å². The van der Waals surface area contributed by atoms with Gasteiger partial charge >= 0.3 is 0 Å². The lowest BCUT2D eigenvalue weighted by molar-refractivity contribution is -0.122. The molecule has 0 radical (unpaired) electrons. The first-order valence-corrected chi connectivity index (χ1v) is 9.88. The molecule has 2 aromatic carbocycles. The van der Waals surface area contributed by atoms with Crippen LogP contribution in [0.25, 0.3) is 11.0 Å². The van der Waals surface area contributed by atoms with E-state index in [9.17, 15) is 9.59 Å². The Labute approximate surface area is 160 Å². The summed E-state index contributed by atoms with van der Waals surface area (Å²) < 4.78 is 11.3. The maximum absolute atomic E-state index is 12.8. The number of carbonyl (C=O) groups excluding carboxylic acids is 2. The van der Waals surface area contributed by atoms with E-state index in [0.29, 0.717) is 34.2 Å². The third kappa shape index (κ3) is 3.26. The van der Waals surface area contributed by atoms with Crippen molar-refractivity contribution in [2.24, 2.45) is 0 Å². The quantitative estimate of drug-likeness (QED) is 0.704. The summed E-state index contributed by atoms with van der Waals surface area (Å²) in [5, 5.41) is 6.56. The smallest absolute Gasteiger partial charge is 0.291 e. The zero-order chi connectivity index (χ0) is 19.0. The van der Waals surface area contributed by atoms with Crippen molar-refractivity contribution in [3.63, 3.8) is 0 Å². The van der Waals surface area contributed by atoms with Crippen molar-refractivity contribution >= 4 is 45.9 Å². The van der Waals surface area contributed by atoms with E-state index in [1.54, 1.807) is 36.9 Å². The number of anilines is 2. The summed E-state index contributed by atoms with van der Waals surface area (Å²) in [4.78, 5) is 24.6. The molecule has 1 aromatic heterocycles. The minimum absolute atomic E-state index is 0.217. The minimum Gasteiger partial charge on any atom is -0.479 e. The first kappa shape index (κ1) is 17.5. The van der Waals surface area contributed by atoms with Gasteiger partial charge in [0, 0.05) is 22.4 Å². The van der Waals surface area contributed by atoms with E-state index in [4.69, 9.17) is 9.15 Å². The molecule has 4 rings (SSSR count). The summed E-state index contributed by atoms with van der Waals surface area (Å²) in [6, 6.07) is 12.7. The fourth-order valence-electron chi connectivity index (χ4n) is 3.04. The summed E-state index contributed by atoms with van der Waals surface area (Å²) in [5.41, 5.74) is 2.64. The van der Waals surface area contributed by atoms with Gasteiger partial charge in [0.05, 0.1) is 5.69 Å². The molecule has 7 heteroatoms. The predicted octanol–water partition coefficient (Wildman–Crippen LogP) is 4.27. The molecular formula is C20H18N2O4S. The number of hydrogen-bond acceptors (Lipinski definition) is 5. The highest BCUT2D eigenvalue weighted by Crippen LogP contribution is 2.33. The number of ether oxygens (including phenoxy) is 1. The van der Waals surface area contributed by atoms with E-state index >= 15 is 0 Å². The van der Waals surface area contributed by atoms with E-state index in [1.807, 2.05) is 30.5 Å². The molecule has 2 amide bonds. The maximum Gasteiger partial charge on any atom is 0.291 e. The standard InChI is InChI=1S/C20H18N2O4S/c1-11-19(23)22-15-9-12(7-8-17(15)25-11)21-20(24)18-14(10-27-2)13-5-3-4-6-16(13)26-18/h3-9,11H,10H2,1-2H3,(H,21,24)(H,22,23). The molecule has 0 saturated carbocycles. The van der Waals surface area contributed by atoms with Crippen molar-refractivity contribution in [1.29, 1.82) is 0 Å². The SMILES string of the molecule is CSCc1c(C(=O)Nc2ccc3c(c2)NC(=O)C(C)O3)oc2ccccc12. The van der Waals surface area contributed by atoms with E-state index in [0.717, 1.165) is 10.9 Å². The van der Waals surface area contributed by atoms with Gasteiger partial charge in [0.25, 0.3) is 11.8 Å². The van der Waals surface area contributed by atoms with Crippen molar-refractivity contribution in [2.75, 3.05) is 16.9 Å². The van der Waals surface area contributed by atoms with Gasteiger partial charge in [-0.1, -0.05) is 18.2 Å². The first-order valence-electron chi connectivity index (χ1n) is 8.49. The Morgan fingerprint density at radius 3 is 2.89 bits per heavy atom. The van der Waals surface area contributed by atoms with E-state index in [1.165, 1.54) is 0 Å². The molecule has 3 aromatic rings. The van der Waals surface area contributed by atoms with Gasteiger partial charge in [0.15, 0.2) is 11.9 Å². The molecule has 0 aliphatic carbocycles. The van der Waals surface area contributed by atoms with Crippen molar-refractivity contribution in [1.82, 2.24) is 0 Å². The minimum atomic E-state index is -0.539. The number of benzene rings is 2. The second kappa shape index (κ2) is 7.00. The van der Waals surface area contributed by atoms with Gasteiger partial charge < -0.3 is 19.8 Å². The third-order valence-corrected chi connectivity index (χ3v) is 4.94. The summed E-state index contributed by atoms with van der Waals surface area (Å²) in [5.74, 6) is 1.01. The Kier molecular flexibility index (Phi) is 4.53. The fraction of sp³-hybridized carbons (Fsp3) is 0.200. The number of carbonyl (C=O) groups is 2. The van der Waals surface area contributed by atoms with Crippen LogP contribution >= 0.6 is 11.8 Å². The third-order valence-electron chi connectivity index (χ3n) is 4.36. The highest BCUT2D eigenvalue weighted by molar-refractivity contribution is 7.97. The number of furan rings is 1. The highest BCUT2D eigenvalue weighted by Gasteiger charge is 2.24. The first-order chi connectivity index (χ1) is 13.1. The number of hydrogen-bond donors (Lipinski definition) is 2. The number of para-hydroxylation sites is 1. The average Bonchev–Trinajstić information content (AvgIpc) is 3.02. The zero-order valence-electron chi connectivity index (χ0n) is 14.9. The molecule has 1 aliphatic heterocycles. The van der Waals surface area contributed by atoms with Crippen molar-refractivity contribution in [2.45, 2.75) is 18.8 Å². The van der Waals surface area contributed by atoms with E-state index in [-0.39, 0.29) is 11.8 Å². The summed E-state index contributed by atoms with van der Waals surface area (Å²) in [7, 11) is 0. The van der Waals surface area contributed by atoms with Crippen LogP contribution in [0.5, 0.6) is 5.75 Å². The van der Waals surface area contributed by atoms with Gasteiger partial charge in [0.2, 0.25) is 0 Å². The van der Waals surface area contributed by atoms with Crippen LogP contribution in [0.3, 0.4) is 0 Å². The van der Waals surface area contributed by atoms with Crippen molar-refractivity contribution < 1.29 is 18.7 Å². The molecule has 0 fully saturated rings. The van der Waals surface area contributed by atoms with Crippen LogP contribution in [0.2, 0.25) is 0 Å². The Morgan fingerprint density at radius 1 is 1.26 bits per heavy atom. The molecular weight excluding hydrogens is 364 g/mol. The van der Waals surface area contributed by atoms with Crippen molar-refractivity contribution in [3.05, 3.63) is 53.8 Å². The number of fused-ring (bicyclic) bond motifs is 2. The zero-order valence-corrected chi connectivity index (χ0v) is 15.7. The van der Waals surface area contributed by atoms with E-state index in [2.05, 4.69) is 10.6 Å². The molecule has 0 saturated heterocycles. The van der Waals surface area contributed by atoms with E-state index < -0.39 is 6.10 Å². The maximum atomic E-state index is 12.8. The van der Waals surface area contributed by atoms with Crippen LogP contribution in [0.4, 0.5) is 11.4 Å². The molecule has 0 spiro atoms.